The van der Waals surface area contributed by atoms with Gasteiger partial charge in [0.15, 0.2) is 0 Å². The Morgan fingerprint density at radius 1 is 1.00 bits per heavy atom. The molecule has 0 aliphatic heterocycles. The number of nitrogens with zero attached hydrogens (tertiary/aromatic N) is 5. The topological polar surface area (TPSA) is 48.5 Å². The van der Waals surface area contributed by atoms with Crippen molar-refractivity contribution in [2.45, 2.75) is 6.54 Å². The Labute approximate surface area is 115 Å². The summed E-state index contributed by atoms with van der Waals surface area (Å²) in [7, 11) is 1.98. The van der Waals surface area contributed by atoms with Gasteiger partial charge in [-0.05, 0) is 6.07 Å². The van der Waals surface area contributed by atoms with E-state index in [2.05, 4.69) is 31.9 Å². The van der Waals surface area contributed by atoms with Crippen LogP contribution in [0.4, 0.5) is 0 Å². The van der Waals surface area contributed by atoms with Gasteiger partial charge in [-0.1, -0.05) is 0 Å². The van der Waals surface area contributed by atoms with Crippen LogP contribution in [0.5, 0.6) is 0 Å². The van der Waals surface area contributed by atoms with Crippen molar-refractivity contribution in [3.05, 3.63) is 55.1 Å². The molecule has 4 heterocycles. The maximum absolute atomic E-state index is 4.64. The Bertz CT molecular complexity index is 870. The molecule has 0 unspecified atom stereocenters. The van der Waals surface area contributed by atoms with Crippen LogP contribution >= 0.6 is 0 Å². The molecule has 0 aromatic carbocycles. The fourth-order valence-electron chi connectivity index (χ4n) is 2.46. The summed E-state index contributed by atoms with van der Waals surface area (Å²) in [5, 5.41) is 2.33. The molecule has 5 nitrogen and oxygen atoms in total. The first kappa shape index (κ1) is 11.2. The highest BCUT2D eigenvalue weighted by molar-refractivity contribution is 5.81. The maximum atomic E-state index is 4.64. The first-order chi connectivity index (χ1) is 9.78. The Morgan fingerprint density at radius 3 is 2.75 bits per heavy atom. The SMILES string of the molecule is Cn1cc2ncc(Cn3cc4ccncc4c3)nc2c1. The van der Waals surface area contributed by atoms with Crippen LogP contribution in [0.25, 0.3) is 21.8 Å². The summed E-state index contributed by atoms with van der Waals surface area (Å²) in [6.07, 6.45) is 13.7. The number of hydrogen-bond acceptors (Lipinski definition) is 3. The highest BCUT2D eigenvalue weighted by Gasteiger charge is 2.04. The standard InChI is InChI=1S/C15H13N5/c1-19-9-14-15(10-19)18-13(5-17-14)8-20-6-11-2-3-16-4-12(11)7-20/h2-7,9-10H,8H2,1H3. The number of aromatic nitrogens is 5. The number of fused-ring (bicyclic) bond motifs is 2. The average Bonchev–Trinajstić information content (AvgIpc) is 2.99. The lowest BCUT2D eigenvalue weighted by molar-refractivity contribution is 0.783. The van der Waals surface area contributed by atoms with Crippen LogP contribution in [0.3, 0.4) is 0 Å². The molecule has 20 heavy (non-hydrogen) atoms. The van der Waals surface area contributed by atoms with Gasteiger partial charge in [0.25, 0.3) is 0 Å². The molecule has 0 fully saturated rings. The molecule has 4 rings (SSSR count). The lowest BCUT2D eigenvalue weighted by Gasteiger charge is -2.01. The average molecular weight is 263 g/mol. The fraction of sp³-hybridized carbons (Fsp3) is 0.133. The second-order valence-corrected chi connectivity index (χ2v) is 4.99. The van der Waals surface area contributed by atoms with Crippen LogP contribution in [0, 0.1) is 0 Å². The van der Waals surface area contributed by atoms with Crippen LogP contribution in [-0.2, 0) is 13.6 Å². The second-order valence-electron chi connectivity index (χ2n) is 4.99. The van der Waals surface area contributed by atoms with Gasteiger partial charge in [-0.25, -0.2) is 4.98 Å². The zero-order valence-corrected chi connectivity index (χ0v) is 11.1. The van der Waals surface area contributed by atoms with E-state index in [1.807, 2.05) is 48.7 Å². The van der Waals surface area contributed by atoms with Crippen LogP contribution in [0.15, 0.2) is 49.4 Å². The van der Waals surface area contributed by atoms with Crippen molar-refractivity contribution in [1.82, 2.24) is 24.1 Å². The van der Waals surface area contributed by atoms with Crippen molar-refractivity contribution < 1.29 is 0 Å². The molecule has 0 atom stereocenters. The number of rotatable bonds is 2. The number of aryl methyl sites for hydroxylation is 1. The summed E-state index contributed by atoms with van der Waals surface area (Å²) >= 11 is 0. The van der Waals surface area contributed by atoms with Crippen LogP contribution in [0.2, 0.25) is 0 Å². The molecule has 0 saturated carbocycles. The predicted octanol–water partition coefficient (Wildman–Crippen LogP) is 2.37. The van der Waals surface area contributed by atoms with Gasteiger partial charge in [0, 0.05) is 55.0 Å². The normalized spacial score (nSPS) is 11.4. The molecule has 0 saturated heterocycles. The minimum atomic E-state index is 0.715. The lowest BCUT2D eigenvalue weighted by Crippen LogP contribution is -1.99. The first-order valence-corrected chi connectivity index (χ1v) is 6.45. The van der Waals surface area contributed by atoms with Crippen LogP contribution in [-0.4, -0.2) is 24.1 Å². The van der Waals surface area contributed by atoms with Gasteiger partial charge in [0.1, 0.15) is 11.0 Å². The predicted molar refractivity (Wildman–Crippen MR) is 77.3 cm³/mol. The third kappa shape index (κ3) is 1.84. The van der Waals surface area contributed by atoms with Gasteiger partial charge in [-0.3, -0.25) is 9.97 Å². The Morgan fingerprint density at radius 2 is 1.85 bits per heavy atom. The van der Waals surface area contributed by atoms with Crippen molar-refractivity contribution >= 4 is 21.8 Å². The smallest absolute Gasteiger partial charge is 0.107 e. The van der Waals surface area contributed by atoms with Crippen molar-refractivity contribution in [3.8, 4) is 0 Å². The van der Waals surface area contributed by atoms with E-state index in [1.54, 1.807) is 0 Å². The van der Waals surface area contributed by atoms with Crippen LogP contribution in [0.1, 0.15) is 5.69 Å². The minimum Gasteiger partial charge on any atom is -0.353 e. The minimum absolute atomic E-state index is 0.715. The Balaban J connectivity index is 1.72. The van der Waals surface area contributed by atoms with E-state index in [9.17, 15) is 0 Å². The van der Waals surface area contributed by atoms with Gasteiger partial charge in [0.2, 0.25) is 0 Å². The quantitative estimate of drug-likeness (QED) is 0.558. The van der Waals surface area contributed by atoms with E-state index in [0.717, 1.165) is 22.1 Å². The van der Waals surface area contributed by atoms with Crippen LogP contribution < -0.4 is 0 Å². The third-order valence-corrected chi connectivity index (χ3v) is 3.37. The molecule has 4 aromatic rings. The summed E-state index contributed by atoms with van der Waals surface area (Å²) in [6, 6.07) is 2.01. The van der Waals surface area contributed by atoms with Crippen molar-refractivity contribution in [2.75, 3.05) is 0 Å². The van der Waals surface area contributed by atoms with E-state index in [1.165, 1.54) is 5.39 Å². The van der Waals surface area contributed by atoms with Gasteiger partial charge < -0.3 is 9.13 Å². The third-order valence-electron chi connectivity index (χ3n) is 3.37. The molecule has 0 bridgehead atoms. The highest BCUT2D eigenvalue weighted by Crippen LogP contribution is 2.15. The van der Waals surface area contributed by atoms with E-state index in [4.69, 9.17) is 0 Å². The molecule has 0 aliphatic rings. The van der Waals surface area contributed by atoms with Gasteiger partial charge in [0.05, 0.1) is 18.4 Å². The molecule has 4 aromatic heterocycles. The molecule has 5 heteroatoms. The summed E-state index contributed by atoms with van der Waals surface area (Å²) in [4.78, 5) is 13.2. The zero-order chi connectivity index (χ0) is 13.5. The number of hydrogen-bond donors (Lipinski definition) is 0. The first-order valence-electron chi connectivity index (χ1n) is 6.45. The molecule has 98 valence electrons. The van der Waals surface area contributed by atoms with Crippen molar-refractivity contribution in [2.24, 2.45) is 7.05 Å². The van der Waals surface area contributed by atoms with Gasteiger partial charge in [-0.2, -0.15) is 0 Å². The molecule has 0 aliphatic carbocycles. The zero-order valence-electron chi connectivity index (χ0n) is 11.1. The Kier molecular flexibility index (Phi) is 2.32. The highest BCUT2D eigenvalue weighted by atomic mass is 15.0. The van der Waals surface area contributed by atoms with E-state index in [-0.39, 0.29) is 0 Å². The molecule has 0 N–H and O–H groups in total. The molecular formula is C15H13N5. The van der Waals surface area contributed by atoms with E-state index >= 15 is 0 Å². The molecule has 0 radical (unpaired) electrons. The summed E-state index contributed by atoms with van der Waals surface area (Å²) in [5.41, 5.74) is 2.82. The maximum Gasteiger partial charge on any atom is 0.107 e. The number of pyridine rings is 1. The largest absolute Gasteiger partial charge is 0.353 e. The monoisotopic (exact) mass is 263 g/mol. The van der Waals surface area contributed by atoms with Gasteiger partial charge >= 0.3 is 0 Å². The molecule has 0 spiro atoms. The van der Waals surface area contributed by atoms with E-state index < -0.39 is 0 Å². The Hall–Kier alpha value is -2.69. The lowest BCUT2D eigenvalue weighted by atomic mass is 10.3. The van der Waals surface area contributed by atoms with E-state index in [0.29, 0.717) is 6.54 Å². The summed E-state index contributed by atoms with van der Waals surface area (Å²) in [5.74, 6) is 0. The molecular weight excluding hydrogens is 250 g/mol. The summed E-state index contributed by atoms with van der Waals surface area (Å²) in [6.45, 7) is 0.715. The summed E-state index contributed by atoms with van der Waals surface area (Å²) < 4.78 is 4.09. The molecule has 0 amide bonds. The fourth-order valence-corrected chi connectivity index (χ4v) is 2.46. The van der Waals surface area contributed by atoms with Gasteiger partial charge in [-0.15, -0.1) is 0 Å². The second kappa shape index (κ2) is 4.16. The van der Waals surface area contributed by atoms with Crippen molar-refractivity contribution in [1.29, 1.82) is 0 Å². The van der Waals surface area contributed by atoms with Crippen molar-refractivity contribution in [3.63, 3.8) is 0 Å².